The number of pyridine rings is 1. The first-order chi connectivity index (χ1) is 13.1. The van der Waals surface area contributed by atoms with Crippen LogP contribution in [0.2, 0.25) is 0 Å². The number of aromatic nitrogens is 1. The van der Waals surface area contributed by atoms with Crippen molar-refractivity contribution in [3.63, 3.8) is 0 Å². The molecule has 2 N–H and O–H groups in total. The molecule has 0 spiro atoms. The van der Waals surface area contributed by atoms with Crippen LogP contribution in [0.15, 0.2) is 35.5 Å². The van der Waals surface area contributed by atoms with Crippen molar-refractivity contribution in [2.24, 2.45) is 22.6 Å². The average Bonchev–Trinajstić information content (AvgIpc) is 3.48. The Balaban J connectivity index is 1.45. The maximum absolute atomic E-state index is 12.9. The molecule has 3 atom stereocenters. The predicted molar refractivity (Wildman–Crippen MR) is 107 cm³/mol. The Morgan fingerprint density at radius 3 is 2.67 bits per heavy atom. The monoisotopic (exact) mass is 362 g/mol. The molecule has 5 nitrogen and oxygen atoms in total. The third-order valence-electron chi connectivity index (χ3n) is 6.39. The van der Waals surface area contributed by atoms with Crippen molar-refractivity contribution in [3.05, 3.63) is 41.6 Å². The number of rotatable bonds is 3. The summed E-state index contributed by atoms with van der Waals surface area (Å²) in [7, 11) is 0. The van der Waals surface area contributed by atoms with E-state index in [0.29, 0.717) is 17.7 Å². The first-order valence-corrected chi connectivity index (χ1v) is 10.1. The van der Waals surface area contributed by atoms with Crippen molar-refractivity contribution in [2.45, 2.75) is 44.2 Å². The van der Waals surface area contributed by atoms with Crippen LogP contribution in [0, 0.1) is 11.8 Å². The second kappa shape index (κ2) is 6.41. The quantitative estimate of drug-likeness (QED) is 0.912. The lowest BCUT2D eigenvalue weighted by Crippen LogP contribution is -2.50. The van der Waals surface area contributed by atoms with Gasteiger partial charge in [-0.3, -0.25) is 14.8 Å². The number of fused-ring (bicyclic) bond motifs is 1. The van der Waals surface area contributed by atoms with Gasteiger partial charge in [-0.1, -0.05) is 25.1 Å². The molecular weight excluding hydrogens is 336 g/mol. The van der Waals surface area contributed by atoms with Gasteiger partial charge in [0.1, 0.15) is 6.04 Å². The van der Waals surface area contributed by atoms with Crippen molar-refractivity contribution < 1.29 is 4.79 Å². The van der Waals surface area contributed by atoms with E-state index in [0.717, 1.165) is 37.9 Å². The molecular formula is C22H26N4O. The molecule has 1 amide bonds. The normalized spacial score (nSPS) is 32.4. The number of benzene rings is 1. The molecule has 1 saturated heterocycles. The highest BCUT2D eigenvalue weighted by Crippen LogP contribution is 2.39. The van der Waals surface area contributed by atoms with E-state index >= 15 is 0 Å². The number of carbonyl (C=O) groups excluding carboxylic acids is 1. The van der Waals surface area contributed by atoms with E-state index in [4.69, 9.17) is 5.73 Å². The topological polar surface area (TPSA) is 71.6 Å². The number of amides is 1. The molecule has 0 radical (unpaired) electrons. The van der Waals surface area contributed by atoms with E-state index < -0.39 is 0 Å². The summed E-state index contributed by atoms with van der Waals surface area (Å²) in [6.07, 6.45) is 6.62. The molecule has 1 aromatic carbocycles. The molecule has 1 saturated carbocycles. The number of carbonyl (C=O) groups is 1. The first-order valence-electron chi connectivity index (χ1n) is 10.1. The van der Waals surface area contributed by atoms with Gasteiger partial charge < -0.3 is 10.6 Å². The fourth-order valence-electron chi connectivity index (χ4n) is 4.89. The summed E-state index contributed by atoms with van der Waals surface area (Å²) in [5.74, 6) is 1.30. The number of aliphatic imine (C=N–C) groups is 1. The van der Waals surface area contributed by atoms with E-state index in [1.807, 2.05) is 18.5 Å². The summed E-state index contributed by atoms with van der Waals surface area (Å²) >= 11 is 0. The Morgan fingerprint density at radius 1 is 1.15 bits per heavy atom. The Bertz CT molecular complexity index is 912. The highest BCUT2D eigenvalue weighted by Gasteiger charge is 2.38. The highest BCUT2D eigenvalue weighted by molar-refractivity contribution is 5.92. The lowest BCUT2D eigenvalue weighted by atomic mass is 9.78. The second-order valence-electron chi connectivity index (χ2n) is 8.60. The third kappa shape index (κ3) is 3.04. The lowest BCUT2D eigenvalue weighted by Gasteiger charge is -2.41. The van der Waals surface area contributed by atoms with Gasteiger partial charge in [0.2, 0.25) is 5.91 Å². The molecule has 5 rings (SSSR count). The van der Waals surface area contributed by atoms with Crippen LogP contribution in [0.1, 0.15) is 49.3 Å². The van der Waals surface area contributed by atoms with Crippen molar-refractivity contribution in [3.8, 4) is 0 Å². The zero-order chi connectivity index (χ0) is 18.5. The number of hydrogen-bond acceptors (Lipinski definition) is 4. The minimum absolute atomic E-state index is 0.138. The number of hydrogen-bond donors (Lipinski definition) is 1. The van der Waals surface area contributed by atoms with E-state index in [9.17, 15) is 4.79 Å². The van der Waals surface area contributed by atoms with Gasteiger partial charge in [0.15, 0.2) is 0 Å². The molecule has 2 aliphatic heterocycles. The van der Waals surface area contributed by atoms with Gasteiger partial charge in [-0.25, -0.2) is 0 Å². The number of likely N-dealkylation sites (tertiary alicyclic amines) is 1. The van der Waals surface area contributed by atoms with Crippen LogP contribution in [-0.2, 0) is 4.79 Å². The molecule has 1 aromatic heterocycles. The summed E-state index contributed by atoms with van der Waals surface area (Å²) < 4.78 is 0. The summed E-state index contributed by atoms with van der Waals surface area (Å²) in [6.45, 7) is 3.93. The van der Waals surface area contributed by atoms with E-state index in [-0.39, 0.29) is 18.0 Å². The molecule has 2 aromatic rings. The molecule has 5 heteroatoms. The number of nitrogens with zero attached hydrogens (tertiary/aromatic N) is 3. The maximum atomic E-state index is 12.9. The van der Waals surface area contributed by atoms with Crippen molar-refractivity contribution in [1.29, 1.82) is 0 Å². The minimum Gasteiger partial charge on any atom is -0.342 e. The van der Waals surface area contributed by atoms with Crippen LogP contribution in [0.25, 0.3) is 10.9 Å². The van der Waals surface area contributed by atoms with Gasteiger partial charge >= 0.3 is 0 Å². The van der Waals surface area contributed by atoms with Gasteiger partial charge in [0, 0.05) is 54.3 Å². The van der Waals surface area contributed by atoms with E-state index in [1.54, 1.807) is 0 Å². The van der Waals surface area contributed by atoms with Gasteiger partial charge in [0.25, 0.3) is 0 Å². The molecule has 1 aliphatic carbocycles. The van der Waals surface area contributed by atoms with Gasteiger partial charge in [-0.2, -0.15) is 0 Å². The highest BCUT2D eigenvalue weighted by atomic mass is 16.2. The zero-order valence-corrected chi connectivity index (χ0v) is 15.7. The fraction of sp³-hybridized carbons (Fsp3) is 0.500. The van der Waals surface area contributed by atoms with E-state index in [1.165, 1.54) is 16.5 Å². The Kier molecular flexibility index (Phi) is 4.01. The second-order valence-corrected chi connectivity index (χ2v) is 8.60. The predicted octanol–water partition coefficient (Wildman–Crippen LogP) is 3.05. The van der Waals surface area contributed by atoms with Gasteiger partial charge in [-0.15, -0.1) is 0 Å². The third-order valence-corrected chi connectivity index (χ3v) is 6.39. The van der Waals surface area contributed by atoms with Crippen LogP contribution < -0.4 is 5.73 Å². The van der Waals surface area contributed by atoms with Crippen LogP contribution in [0.4, 0.5) is 0 Å². The van der Waals surface area contributed by atoms with Crippen LogP contribution in [0.3, 0.4) is 0 Å². The van der Waals surface area contributed by atoms with Crippen LogP contribution in [0.5, 0.6) is 0 Å². The number of piperidine rings is 1. The minimum atomic E-state index is 0.138. The largest absolute Gasteiger partial charge is 0.342 e. The molecule has 2 fully saturated rings. The zero-order valence-electron chi connectivity index (χ0n) is 15.7. The van der Waals surface area contributed by atoms with Crippen LogP contribution in [-0.4, -0.2) is 41.1 Å². The van der Waals surface area contributed by atoms with E-state index in [2.05, 4.69) is 40.0 Å². The molecule has 3 heterocycles. The van der Waals surface area contributed by atoms with Crippen molar-refractivity contribution in [1.82, 2.24) is 9.88 Å². The standard InChI is InChI=1S/C22H26N4O/c1-13-7-15(12-26(11-13)22(27)14-8-16(23)9-14)17-4-5-19(20-10-25-20)21-18(17)3-2-6-24-21/h2-6,10,13-16,20H,7-9,11-12,23H2,1H3/t13-,14?,15+,16?,20?/m1/s1. The SMILES string of the molecule is C[C@@H]1C[C@H](c2ccc(C3C=N3)c3ncccc23)CN(C(=O)C2CC(N)C2)C1. The Morgan fingerprint density at radius 2 is 1.93 bits per heavy atom. The molecule has 27 heavy (non-hydrogen) atoms. The first kappa shape index (κ1) is 16.9. The molecule has 0 bridgehead atoms. The van der Waals surface area contributed by atoms with Crippen molar-refractivity contribution in [2.75, 3.05) is 13.1 Å². The summed E-state index contributed by atoms with van der Waals surface area (Å²) in [5.41, 5.74) is 9.46. The summed E-state index contributed by atoms with van der Waals surface area (Å²) in [4.78, 5) is 24.0. The van der Waals surface area contributed by atoms with Crippen molar-refractivity contribution >= 4 is 23.0 Å². The van der Waals surface area contributed by atoms with Gasteiger partial charge in [-0.05, 0) is 36.8 Å². The molecule has 3 aliphatic rings. The molecule has 1 unspecified atom stereocenters. The smallest absolute Gasteiger partial charge is 0.225 e. The number of nitrogens with two attached hydrogens (primary N) is 1. The fourth-order valence-corrected chi connectivity index (χ4v) is 4.89. The van der Waals surface area contributed by atoms with Gasteiger partial charge in [0.05, 0.1) is 5.52 Å². The molecule has 140 valence electrons. The average molecular weight is 362 g/mol. The summed E-state index contributed by atoms with van der Waals surface area (Å²) in [5, 5.41) is 1.21. The lowest BCUT2D eigenvalue weighted by molar-refractivity contribution is -0.140. The maximum Gasteiger partial charge on any atom is 0.225 e. The Labute approximate surface area is 159 Å². The summed E-state index contributed by atoms with van der Waals surface area (Å²) in [6, 6.07) is 9.00. The van der Waals surface area contributed by atoms with Crippen LogP contribution >= 0.6 is 0 Å². The Hall–Kier alpha value is -2.27.